The molecular weight excluding hydrogens is 395 g/mol. The molecule has 0 aliphatic heterocycles. The molecule has 1 unspecified atom stereocenters. The summed E-state index contributed by atoms with van der Waals surface area (Å²) in [6.07, 6.45) is 0. The molecule has 0 fully saturated rings. The molecule has 136 valence electrons. The van der Waals surface area contributed by atoms with Crippen LogP contribution in [0.1, 0.15) is 18.9 Å². The summed E-state index contributed by atoms with van der Waals surface area (Å²) in [4.78, 5) is 14.1. The number of benzene rings is 1. The van der Waals surface area contributed by atoms with E-state index in [0.717, 1.165) is 9.78 Å². The summed E-state index contributed by atoms with van der Waals surface area (Å²) in [6, 6.07) is 8.69. The van der Waals surface area contributed by atoms with Gasteiger partial charge in [0.1, 0.15) is 0 Å². The summed E-state index contributed by atoms with van der Waals surface area (Å²) >= 11 is 13.4. The van der Waals surface area contributed by atoms with Crippen LogP contribution in [-0.4, -0.2) is 29.7 Å². The number of anilines is 1. The fourth-order valence-corrected chi connectivity index (χ4v) is 3.25. The number of carbonyl (C=O) groups excluding carboxylic acids is 1. The van der Waals surface area contributed by atoms with Crippen molar-refractivity contribution in [1.29, 1.82) is 0 Å². The topological polar surface area (TPSA) is 72.5 Å². The van der Waals surface area contributed by atoms with Crippen LogP contribution >= 0.6 is 34.5 Å². The molecule has 2 heterocycles. The van der Waals surface area contributed by atoms with Crippen LogP contribution in [0.4, 0.5) is 5.69 Å². The lowest BCUT2D eigenvalue weighted by Crippen LogP contribution is -3.10. The molecule has 1 aromatic carbocycles. The second-order valence-corrected chi connectivity index (χ2v) is 7.61. The fourth-order valence-electron chi connectivity index (χ4n) is 2.31. The molecule has 1 amide bonds. The van der Waals surface area contributed by atoms with E-state index in [9.17, 15) is 4.79 Å². The van der Waals surface area contributed by atoms with Gasteiger partial charge in [0.15, 0.2) is 12.6 Å². The molecule has 0 saturated carbocycles. The second-order valence-electron chi connectivity index (χ2n) is 5.84. The molecule has 3 rings (SSSR count). The van der Waals surface area contributed by atoms with Crippen molar-refractivity contribution in [2.24, 2.45) is 0 Å². The van der Waals surface area contributed by atoms with Crippen molar-refractivity contribution in [3.63, 3.8) is 0 Å². The zero-order valence-corrected chi connectivity index (χ0v) is 16.5. The van der Waals surface area contributed by atoms with Crippen LogP contribution in [0.15, 0.2) is 40.1 Å². The number of halogens is 2. The summed E-state index contributed by atoms with van der Waals surface area (Å²) in [5, 5.41) is 13.8. The molecule has 0 spiro atoms. The van der Waals surface area contributed by atoms with Gasteiger partial charge in [-0.3, -0.25) is 4.79 Å². The normalized spacial score (nSPS) is 13.4. The maximum Gasteiger partial charge on any atom is 0.279 e. The SMILES string of the molecule is C[C@H](c1nnc(-c2cccs2)o1)[NH+](C)CC(=O)Nc1ccc(Cl)c(Cl)c1. The van der Waals surface area contributed by atoms with Crippen molar-refractivity contribution >= 4 is 46.1 Å². The minimum absolute atomic E-state index is 0.129. The van der Waals surface area contributed by atoms with Gasteiger partial charge in [-0.1, -0.05) is 29.3 Å². The lowest BCUT2D eigenvalue weighted by Gasteiger charge is -2.18. The van der Waals surface area contributed by atoms with E-state index in [-0.39, 0.29) is 18.5 Å². The van der Waals surface area contributed by atoms with Crippen LogP contribution in [0.25, 0.3) is 10.8 Å². The largest absolute Gasteiger partial charge is 0.414 e. The first kappa shape index (κ1) is 18.8. The lowest BCUT2D eigenvalue weighted by molar-refractivity contribution is -0.903. The van der Waals surface area contributed by atoms with Gasteiger partial charge in [-0.15, -0.1) is 21.5 Å². The van der Waals surface area contributed by atoms with E-state index in [4.69, 9.17) is 27.6 Å². The Morgan fingerprint density at radius 3 is 2.81 bits per heavy atom. The second kappa shape index (κ2) is 8.18. The third-order valence-electron chi connectivity index (χ3n) is 3.92. The van der Waals surface area contributed by atoms with Crippen molar-refractivity contribution in [3.05, 3.63) is 51.6 Å². The van der Waals surface area contributed by atoms with Gasteiger partial charge in [0.05, 0.1) is 22.0 Å². The molecule has 3 aromatic rings. The molecule has 0 saturated heterocycles. The molecule has 6 nitrogen and oxygen atoms in total. The number of quaternary nitrogens is 1. The van der Waals surface area contributed by atoms with Crippen molar-refractivity contribution in [1.82, 2.24) is 10.2 Å². The van der Waals surface area contributed by atoms with Crippen LogP contribution in [0.2, 0.25) is 10.0 Å². The van der Waals surface area contributed by atoms with E-state index in [0.29, 0.717) is 27.5 Å². The van der Waals surface area contributed by atoms with Crippen LogP contribution in [-0.2, 0) is 4.79 Å². The number of hydrogen-bond donors (Lipinski definition) is 2. The van der Waals surface area contributed by atoms with Gasteiger partial charge >= 0.3 is 0 Å². The summed E-state index contributed by atoms with van der Waals surface area (Å²) in [5.74, 6) is 0.842. The molecular formula is C17H17Cl2N4O2S+. The highest BCUT2D eigenvalue weighted by Crippen LogP contribution is 2.25. The minimum Gasteiger partial charge on any atom is -0.414 e. The van der Waals surface area contributed by atoms with Gasteiger partial charge < -0.3 is 14.6 Å². The predicted octanol–water partition coefficient (Wildman–Crippen LogP) is 3.32. The summed E-state index contributed by atoms with van der Waals surface area (Å²) < 4.78 is 5.74. The van der Waals surface area contributed by atoms with Gasteiger partial charge in [-0.25, -0.2) is 0 Å². The third-order valence-corrected chi connectivity index (χ3v) is 5.52. The van der Waals surface area contributed by atoms with Crippen molar-refractivity contribution in [2.75, 3.05) is 18.9 Å². The number of nitrogens with zero attached hydrogens (tertiary/aromatic N) is 2. The Labute approximate surface area is 164 Å². The van der Waals surface area contributed by atoms with Crippen LogP contribution < -0.4 is 10.2 Å². The van der Waals surface area contributed by atoms with E-state index < -0.39 is 0 Å². The zero-order valence-electron chi connectivity index (χ0n) is 14.1. The van der Waals surface area contributed by atoms with E-state index in [2.05, 4.69) is 15.5 Å². The first-order valence-electron chi connectivity index (χ1n) is 7.88. The number of aromatic nitrogens is 2. The van der Waals surface area contributed by atoms with Crippen LogP contribution in [0, 0.1) is 0 Å². The first-order chi connectivity index (χ1) is 12.4. The van der Waals surface area contributed by atoms with E-state index in [1.165, 1.54) is 11.3 Å². The number of nitrogens with one attached hydrogen (secondary N) is 2. The lowest BCUT2D eigenvalue weighted by atomic mass is 10.3. The Kier molecular flexibility index (Phi) is 5.93. The fraction of sp³-hybridized carbons (Fsp3) is 0.235. The summed E-state index contributed by atoms with van der Waals surface area (Å²) in [7, 11) is 1.90. The number of rotatable bonds is 6. The average Bonchev–Trinajstić information content (AvgIpc) is 3.28. The quantitative estimate of drug-likeness (QED) is 0.652. The molecule has 26 heavy (non-hydrogen) atoms. The molecule has 0 aliphatic carbocycles. The molecule has 2 N–H and O–H groups in total. The number of hydrogen-bond acceptors (Lipinski definition) is 5. The smallest absolute Gasteiger partial charge is 0.279 e. The number of carbonyl (C=O) groups is 1. The Morgan fingerprint density at radius 2 is 2.12 bits per heavy atom. The Bertz CT molecular complexity index is 898. The summed E-state index contributed by atoms with van der Waals surface area (Å²) in [5.41, 5.74) is 0.600. The average molecular weight is 412 g/mol. The molecule has 0 aliphatic rings. The minimum atomic E-state index is -0.147. The Balaban J connectivity index is 1.60. The maximum atomic E-state index is 12.3. The van der Waals surface area contributed by atoms with Gasteiger partial charge in [-0.05, 0) is 36.6 Å². The van der Waals surface area contributed by atoms with Crippen molar-refractivity contribution < 1.29 is 14.1 Å². The first-order valence-corrected chi connectivity index (χ1v) is 9.52. The highest BCUT2D eigenvalue weighted by molar-refractivity contribution is 7.13. The van der Waals surface area contributed by atoms with Crippen LogP contribution in [0.5, 0.6) is 0 Å². The Morgan fingerprint density at radius 1 is 1.31 bits per heavy atom. The molecule has 9 heteroatoms. The van der Waals surface area contributed by atoms with E-state index in [1.807, 2.05) is 31.5 Å². The maximum absolute atomic E-state index is 12.3. The van der Waals surface area contributed by atoms with Gasteiger partial charge in [0.2, 0.25) is 0 Å². The predicted molar refractivity (Wildman–Crippen MR) is 103 cm³/mol. The molecule has 2 atom stereocenters. The molecule has 0 radical (unpaired) electrons. The van der Waals surface area contributed by atoms with E-state index in [1.54, 1.807) is 18.2 Å². The van der Waals surface area contributed by atoms with Gasteiger partial charge in [-0.2, -0.15) is 0 Å². The highest BCUT2D eigenvalue weighted by Gasteiger charge is 2.24. The van der Waals surface area contributed by atoms with Gasteiger partial charge in [0, 0.05) is 5.69 Å². The number of likely N-dealkylation sites (N-methyl/N-ethyl adjacent to an activating group) is 1. The molecule has 2 aromatic heterocycles. The third kappa shape index (κ3) is 4.42. The number of amides is 1. The Hall–Kier alpha value is -1.93. The number of thiophene rings is 1. The van der Waals surface area contributed by atoms with Gasteiger partial charge in [0.25, 0.3) is 17.7 Å². The van der Waals surface area contributed by atoms with Crippen molar-refractivity contribution in [2.45, 2.75) is 13.0 Å². The van der Waals surface area contributed by atoms with E-state index >= 15 is 0 Å². The molecule has 0 bridgehead atoms. The van der Waals surface area contributed by atoms with Crippen molar-refractivity contribution in [3.8, 4) is 10.8 Å². The zero-order chi connectivity index (χ0) is 18.7. The monoisotopic (exact) mass is 411 g/mol. The summed E-state index contributed by atoms with van der Waals surface area (Å²) in [6.45, 7) is 2.17. The van der Waals surface area contributed by atoms with Crippen LogP contribution in [0.3, 0.4) is 0 Å². The highest BCUT2D eigenvalue weighted by atomic mass is 35.5. The standard InChI is InChI=1S/C17H16Cl2N4O2S/c1-10(16-21-22-17(25-16)14-4-3-7-26-14)23(2)9-15(24)20-11-5-6-12(18)13(19)8-11/h3-8,10H,9H2,1-2H3,(H,20,24)/p+1/t10-/m1/s1.